The van der Waals surface area contributed by atoms with E-state index in [4.69, 9.17) is 0 Å². The maximum absolute atomic E-state index is 2.54. The lowest BCUT2D eigenvalue weighted by molar-refractivity contribution is 0.652. The zero-order valence-corrected chi connectivity index (χ0v) is 32.1. The van der Waals surface area contributed by atoms with Gasteiger partial charge in [-0.3, -0.25) is 0 Å². The molecule has 0 N–H and O–H groups in total. The summed E-state index contributed by atoms with van der Waals surface area (Å²) in [5, 5.41) is 0. The highest BCUT2D eigenvalue weighted by Gasteiger charge is 2.42. The molecule has 0 aromatic heterocycles. The van der Waals surface area contributed by atoms with Crippen LogP contribution >= 0.6 is 0 Å². The molecule has 3 aliphatic rings. The van der Waals surface area contributed by atoms with Crippen molar-refractivity contribution in [2.75, 3.05) is 4.90 Å². The van der Waals surface area contributed by atoms with Crippen LogP contribution in [-0.2, 0) is 10.8 Å². The Hall–Kier alpha value is -6.18. The first-order chi connectivity index (χ1) is 26.8. The van der Waals surface area contributed by atoms with Crippen molar-refractivity contribution in [3.05, 3.63) is 204 Å². The summed E-state index contributed by atoms with van der Waals surface area (Å²) >= 11 is 0. The second-order valence-corrected chi connectivity index (χ2v) is 16.5. The van der Waals surface area contributed by atoms with Crippen LogP contribution < -0.4 is 4.90 Å². The van der Waals surface area contributed by atoms with Crippen LogP contribution in [-0.4, -0.2) is 0 Å². The van der Waals surface area contributed by atoms with Gasteiger partial charge in [-0.25, -0.2) is 0 Å². The largest absolute Gasteiger partial charge is 0.310 e. The number of allylic oxidation sites excluding steroid dienone is 4. The molecule has 0 bridgehead atoms. The molecule has 0 heterocycles. The molecule has 0 saturated heterocycles. The van der Waals surface area contributed by atoms with Gasteiger partial charge in [0.2, 0.25) is 0 Å². The van der Waals surface area contributed by atoms with E-state index < -0.39 is 0 Å². The molecule has 0 unspecified atom stereocenters. The van der Waals surface area contributed by atoms with Crippen molar-refractivity contribution in [1.29, 1.82) is 0 Å². The first-order valence-electron chi connectivity index (χ1n) is 19.7. The lowest BCUT2D eigenvalue weighted by Crippen LogP contribution is -2.17. The molecule has 0 spiro atoms. The summed E-state index contributed by atoms with van der Waals surface area (Å²) in [6.45, 7) is 9.63. The zero-order chi connectivity index (χ0) is 37.3. The molecule has 266 valence electrons. The van der Waals surface area contributed by atoms with Gasteiger partial charge in [0.1, 0.15) is 0 Å². The third kappa shape index (κ3) is 5.36. The minimum Gasteiger partial charge on any atom is -0.310 e. The van der Waals surface area contributed by atoms with Gasteiger partial charge in [0.25, 0.3) is 0 Å². The summed E-state index contributed by atoms with van der Waals surface area (Å²) in [5.41, 5.74) is 21.8. The monoisotopic (exact) mass is 707 g/mol. The van der Waals surface area contributed by atoms with Crippen LogP contribution in [0.4, 0.5) is 17.1 Å². The molecule has 0 atom stereocenters. The van der Waals surface area contributed by atoms with Gasteiger partial charge >= 0.3 is 0 Å². The van der Waals surface area contributed by atoms with E-state index in [9.17, 15) is 0 Å². The molecular weight excluding hydrogens is 663 g/mol. The highest BCUT2D eigenvalue weighted by atomic mass is 15.1. The van der Waals surface area contributed by atoms with E-state index in [0.717, 1.165) is 24.2 Å². The summed E-state index contributed by atoms with van der Waals surface area (Å²) in [6.07, 6.45) is 9.12. The predicted molar refractivity (Wildman–Crippen MR) is 233 cm³/mol. The molecule has 0 aliphatic heterocycles. The van der Waals surface area contributed by atoms with Crippen molar-refractivity contribution in [2.24, 2.45) is 0 Å². The Morgan fingerprint density at radius 1 is 0.400 bits per heavy atom. The minimum atomic E-state index is -0.184. The molecule has 10 rings (SSSR count). The van der Waals surface area contributed by atoms with Crippen molar-refractivity contribution in [1.82, 2.24) is 0 Å². The van der Waals surface area contributed by atoms with Gasteiger partial charge in [-0.2, -0.15) is 0 Å². The van der Waals surface area contributed by atoms with Gasteiger partial charge in [-0.05, 0) is 139 Å². The Labute approximate surface area is 326 Å². The number of hydrogen-bond donors (Lipinski definition) is 0. The smallest absolute Gasteiger partial charge is 0.0465 e. The van der Waals surface area contributed by atoms with Gasteiger partial charge in [-0.15, -0.1) is 0 Å². The van der Waals surface area contributed by atoms with Gasteiger partial charge < -0.3 is 4.90 Å². The fraction of sp³-hybridized carbons (Fsp3) is 0.148. The second kappa shape index (κ2) is 12.7. The highest BCUT2D eigenvalue weighted by Crippen LogP contribution is 2.58. The third-order valence-electron chi connectivity index (χ3n) is 12.5. The molecule has 7 aromatic carbocycles. The Morgan fingerprint density at radius 2 is 0.964 bits per heavy atom. The maximum atomic E-state index is 2.54. The highest BCUT2D eigenvalue weighted by molar-refractivity contribution is 5.96. The molecular formula is C54H45N. The molecule has 1 nitrogen and oxygen atoms in total. The number of hydrogen-bond acceptors (Lipinski definition) is 1. The lowest BCUT2D eigenvalue weighted by atomic mass is 9.79. The van der Waals surface area contributed by atoms with Crippen molar-refractivity contribution < 1.29 is 0 Å². The molecule has 55 heavy (non-hydrogen) atoms. The fourth-order valence-corrected chi connectivity index (χ4v) is 9.51. The quantitative estimate of drug-likeness (QED) is 0.166. The number of nitrogens with zero attached hydrogens (tertiary/aromatic N) is 1. The van der Waals surface area contributed by atoms with E-state index in [1.807, 2.05) is 0 Å². The number of benzene rings is 7. The first-order valence-corrected chi connectivity index (χ1v) is 19.7. The Bertz CT molecular complexity index is 2650. The molecule has 7 aromatic rings. The van der Waals surface area contributed by atoms with Gasteiger partial charge in [0.15, 0.2) is 0 Å². The summed E-state index contributed by atoms with van der Waals surface area (Å²) in [5.74, 6) is 0. The summed E-state index contributed by atoms with van der Waals surface area (Å²) in [6, 6.07) is 58.8. The van der Waals surface area contributed by atoms with Crippen LogP contribution in [0.3, 0.4) is 0 Å². The number of anilines is 3. The summed E-state index contributed by atoms with van der Waals surface area (Å²) in [7, 11) is 0. The molecule has 0 fully saturated rings. The van der Waals surface area contributed by atoms with E-state index in [1.54, 1.807) is 0 Å². The zero-order valence-electron chi connectivity index (χ0n) is 32.1. The maximum Gasteiger partial charge on any atom is 0.0465 e. The minimum absolute atomic E-state index is 0.102. The molecule has 0 radical (unpaired) electrons. The van der Waals surface area contributed by atoms with Crippen LogP contribution in [0.5, 0.6) is 0 Å². The molecule has 3 aliphatic carbocycles. The van der Waals surface area contributed by atoms with Crippen molar-refractivity contribution in [3.8, 4) is 44.5 Å². The molecule has 0 saturated carbocycles. The van der Waals surface area contributed by atoms with Crippen molar-refractivity contribution in [3.63, 3.8) is 0 Å². The Kier molecular flexibility index (Phi) is 7.72. The van der Waals surface area contributed by atoms with Gasteiger partial charge in [0, 0.05) is 27.9 Å². The van der Waals surface area contributed by atoms with E-state index in [2.05, 4.69) is 209 Å². The van der Waals surface area contributed by atoms with Crippen LogP contribution in [0.2, 0.25) is 0 Å². The fourth-order valence-electron chi connectivity index (χ4n) is 9.51. The average Bonchev–Trinajstić information content (AvgIpc) is 3.60. The average molecular weight is 708 g/mol. The molecule has 0 amide bonds. The van der Waals surface area contributed by atoms with Crippen molar-refractivity contribution >= 4 is 22.6 Å². The summed E-state index contributed by atoms with van der Waals surface area (Å²) < 4.78 is 0. The van der Waals surface area contributed by atoms with Crippen LogP contribution in [0.1, 0.15) is 68.4 Å². The number of fused-ring (bicyclic) bond motifs is 6. The predicted octanol–water partition coefficient (Wildman–Crippen LogP) is 14.8. The number of rotatable bonds is 6. The normalized spacial score (nSPS) is 15.5. The molecule has 1 heteroatoms. The van der Waals surface area contributed by atoms with Crippen LogP contribution in [0.15, 0.2) is 176 Å². The van der Waals surface area contributed by atoms with E-state index in [-0.39, 0.29) is 10.8 Å². The lowest BCUT2D eigenvalue weighted by Gasteiger charge is -2.28. The topological polar surface area (TPSA) is 3.24 Å². The van der Waals surface area contributed by atoms with E-state index in [0.29, 0.717) is 0 Å². The van der Waals surface area contributed by atoms with E-state index >= 15 is 0 Å². The summed E-state index contributed by atoms with van der Waals surface area (Å²) in [4.78, 5) is 2.43. The third-order valence-corrected chi connectivity index (χ3v) is 12.5. The van der Waals surface area contributed by atoms with E-state index in [1.165, 1.54) is 83.6 Å². The standard InChI is InChI=1S/C54H45N/c1-53(2)48-22-14-21-44(40-19-12-7-13-20-40)52(48)47-35-50-46(34-51(47)53)45-32-31-43(33-49(45)54(50,3)4)55(41-27-23-38(24-28-41)36-15-8-5-9-16-36)42-29-25-39(26-30-42)37-17-10-6-11-18-37/h5,7-10,12-35H,6,11H2,1-4H3. The van der Waals surface area contributed by atoms with Crippen molar-refractivity contribution in [2.45, 2.75) is 51.4 Å². The first kappa shape index (κ1) is 33.4. The second-order valence-electron chi connectivity index (χ2n) is 16.5. The van der Waals surface area contributed by atoms with Gasteiger partial charge in [-0.1, -0.05) is 155 Å². The van der Waals surface area contributed by atoms with Crippen LogP contribution in [0, 0.1) is 0 Å². The Morgan fingerprint density at radius 3 is 1.64 bits per heavy atom. The van der Waals surface area contributed by atoms with Crippen LogP contribution in [0.25, 0.3) is 50.1 Å². The van der Waals surface area contributed by atoms with Gasteiger partial charge in [0.05, 0.1) is 0 Å². The SMILES string of the molecule is CC1(C)c2cc(N(c3ccc(C4=CCCC=C4)cc3)c3ccc(-c4ccccc4)cc3)ccc2-c2cc3c(cc21)-c1c(-c2ccccc2)cccc1C3(C)C. The Balaban J connectivity index is 1.09.